The first-order valence-corrected chi connectivity index (χ1v) is 7.17. The third-order valence-corrected chi connectivity index (χ3v) is 2.62. The predicted molar refractivity (Wildman–Crippen MR) is 81.9 cm³/mol. The molecule has 0 unspecified atom stereocenters. The van der Waals surface area contributed by atoms with E-state index in [0.717, 1.165) is 0 Å². The van der Waals surface area contributed by atoms with Gasteiger partial charge in [-0.25, -0.2) is 14.4 Å². The first-order chi connectivity index (χ1) is 10.6. The fourth-order valence-corrected chi connectivity index (χ4v) is 1.57. The molecular formula is C14H22N4O5. The Balaban J connectivity index is 3.17. The van der Waals surface area contributed by atoms with E-state index in [1.165, 1.54) is 0 Å². The highest BCUT2D eigenvalue weighted by Crippen LogP contribution is 2.19. The lowest BCUT2D eigenvalue weighted by Gasteiger charge is -2.08. The normalized spacial score (nSPS) is 10.9. The zero-order valence-electron chi connectivity index (χ0n) is 13.7. The number of nitrogens with two attached hydrogens (primary N) is 2. The van der Waals surface area contributed by atoms with Crippen LogP contribution in [0.2, 0.25) is 0 Å². The number of hydrogen-bond donors (Lipinski definition) is 2. The van der Waals surface area contributed by atoms with Crippen LogP contribution in [0.15, 0.2) is 0 Å². The van der Waals surface area contributed by atoms with Crippen molar-refractivity contribution in [2.24, 2.45) is 17.6 Å². The summed E-state index contributed by atoms with van der Waals surface area (Å²) in [7, 11) is 0. The molecule has 1 heterocycles. The molecule has 0 bridgehead atoms. The molecule has 0 spiro atoms. The minimum atomic E-state index is -1.02. The summed E-state index contributed by atoms with van der Waals surface area (Å²) in [5.41, 5.74) is 10.1. The van der Waals surface area contributed by atoms with Gasteiger partial charge in [0.15, 0.2) is 5.69 Å². The van der Waals surface area contributed by atoms with Gasteiger partial charge >= 0.3 is 18.0 Å². The maximum Gasteiger partial charge on any atom is 0.359 e. The fourth-order valence-electron chi connectivity index (χ4n) is 1.57. The Hall–Kier alpha value is -2.58. The van der Waals surface area contributed by atoms with Gasteiger partial charge in [0.05, 0.1) is 13.2 Å². The summed E-state index contributed by atoms with van der Waals surface area (Å²) < 4.78 is 10.6. The molecular weight excluding hydrogens is 304 g/mol. The van der Waals surface area contributed by atoms with Crippen LogP contribution in [0.4, 0.5) is 10.6 Å². The van der Waals surface area contributed by atoms with E-state index in [1.54, 1.807) is 0 Å². The van der Waals surface area contributed by atoms with Crippen molar-refractivity contribution in [3.63, 3.8) is 0 Å². The van der Waals surface area contributed by atoms with Crippen LogP contribution in [-0.4, -0.2) is 41.0 Å². The van der Waals surface area contributed by atoms with Gasteiger partial charge in [0.1, 0.15) is 11.4 Å². The third kappa shape index (κ3) is 4.70. The second kappa shape index (κ2) is 7.61. The number of esters is 2. The average Bonchev–Trinajstić information content (AvgIpc) is 2.79. The number of anilines is 1. The lowest BCUT2D eigenvalue weighted by molar-refractivity contribution is 0.0409. The molecule has 0 aromatic carbocycles. The highest BCUT2D eigenvalue weighted by Gasteiger charge is 2.30. The topological polar surface area (TPSA) is 140 Å². The molecule has 0 saturated heterocycles. The van der Waals surface area contributed by atoms with E-state index in [-0.39, 0.29) is 36.4 Å². The SMILES string of the molecule is CC(C)COC(=O)c1nn(C(N)=O)c(N)c1C(=O)OCC(C)C. The van der Waals surface area contributed by atoms with Gasteiger partial charge in [0, 0.05) is 0 Å². The van der Waals surface area contributed by atoms with Gasteiger partial charge in [-0.05, 0) is 11.8 Å². The molecule has 0 atom stereocenters. The standard InChI is InChI=1S/C14H22N4O5/c1-7(2)5-22-12(19)9-10(13(20)23-6-8(3)4)17-18(11(9)15)14(16)21/h7-8H,5-6,15H2,1-4H3,(H2,16,21). The van der Waals surface area contributed by atoms with E-state index < -0.39 is 23.7 Å². The first-order valence-electron chi connectivity index (χ1n) is 7.17. The summed E-state index contributed by atoms with van der Waals surface area (Å²) in [5.74, 6) is -1.92. The number of ether oxygens (including phenoxy) is 2. The zero-order valence-corrected chi connectivity index (χ0v) is 13.7. The van der Waals surface area contributed by atoms with Crippen molar-refractivity contribution in [3.8, 4) is 0 Å². The number of amides is 1. The molecule has 23 heavy (non-hydrogen) atoms. The largest absolute Gasteiger partial charge is 0.462 e. The molecule has 1 rings (SSSR count). The van der Waals surface area contributed by atoms with Crippen molar-refractivity contribution in [1.82, 2.24) is 9.78 Å². The zero-order chi connectivity index (χ0) is 17.7. The van der Waals surface area contributed by atoms with Crippen LogP contribution < -0.4 is 11.5 Å². The van der Waals surface area contributed by atoms with Crippen LogP contribution >= 0.6 is 0 Å². The molecule has 1 aromatic rings. The van der Waals surface area contributed by atoms with Gasteiger partial charge in [-0.3, -0.25) is 0 Å². The Bertz CT molecular complexity index is 607. The minimum Gasteiger partial charge on any atom is -0.462 e. The van der Waals surface area contributed by atoms with E-state index in [0.29, 0.717) is 4.68 Å². The van der Waals surface area contributed by atoms with Crippen molar-refractivity contribution >= 4 is 23.8 Å². The summed E-state index contributed by atoms with van der Waals surface area (Å²) in [6.45, 7) is 7.65. The highest BCUT2D eigenvalue weighted by molar-refractivity contribution is 6.06. The Kier molecular flexibility index (Phi) is 6.11. The summed E-state index contributed by atoms with van der Waals surface area (Å²) in [6.07, 6.45) is 0. The Morgan fingerprint density at radius 1 is 1.04 bits per heavy atom. The molecule has 0 aliphatic heterocycles. The number of hydrogen-bond acceptors (Lipinski definition) is 7. The summed E-state index contributed by atoms with van der Waals surface area (Å²) in [4.78, 5) is 35.5. The number of rotatable bonds is 6. The second-order valence-corrected chi connectivity index (χ2v) is 5.84. The quantitative estimate of drug-likeness (QED) is 0.743. The van der Waals surface area contributed by atoms with E-state index in [1.807, 2.05) is 27.7 Å². The van der Waals surface area contributed by atoms with Gasteiger partial charge in [-0.15, -0.1) is 0 Å². The Labute approximate surface area is 133 Å². The lowest BCUT2D eigenvalue weighted by Crippen LogP contribution is -2.23. The summed E-state index contributed by atoms with van der Waals surface area (Å²) >= 11 is 0. The fraction of sp³-hybridized carbons (Fsp3) is 0.571. The molecule has 0 radical (unpaired) electrons. The first kappa shape index (κ1) is 18.5. The van der Waals surface area contributed by atoms with Crippen LogP contribution in [0.5, 0.6) is 0 Å². The molecule has 4 N–H and O–H groups in total. The van der Waals surface area contributed by atoms with E-state index in [4.69, 9.17) is 20.9 Å². The van der Waals surface area contributed by atoms with Crippen molar-refractivity contribution in [2.75, 3.05) is 18.9 Å². The van der Waals surface area contributed by atoms with E-state index in [9.17, 15) is 14.4 Å². The van der Waals surface area contributed by atoms with Gasteiger partial charge in [-0.1, -0.05) is 27.7 Å². The molecule has 9 heteroatoms. The number of nitrogen functional groups attached to an aromatic ring is 1. The average molecular weight is 326 g/mol. The maximum absolute atomic E-state index is 12.2. The van der Waals surface area contributed by atoms with Gasteiger partial charge in [-0.2, -0.15) is 9.78 Å². The van der Waals surface area contributed by atoms with Crippen molar-refractivity contribution < 1.29 is 23.9 Å². The lowest BCUT2D eigenvalue weighted by atomic mass is 10.2. The van der Waals surface area contributed by atoms with Crippen molar-refractivity contribution in [1.29, 1.82) is 0 Å². The number of aromatic nitrogens is 2. The molecule has 9 nitrogen and oxygen atoms in total. The molecule has 1 aromatic heterocycles. The number of primary amides is 1. The molecule has 128 valence electrons. The smallest absolute Gasteiger partial charge is 0.359 e. The van der Waals surface area contributed by atoms with Crippen molar-refractivity contribution in [3.05, 3.63) is 11.3 Å². The summed E-state index contributed by atoms with van der Waals surface area (Å²) in [5, 5.41) is 3.68. The Morgan fingerprint density at radius 2 is 1.52 bits per heavy atom. The number of carbonyl (C=O) groups excluding carboxylic acids is 3. The molecule has 0 aliphatic carbocycles. The van der Waals surface area contributed by atoms with Gasteiger partial charge < -0.3 is 20.9 Å². The van der Waals surface area contributed by atoms with Crippen LogP contribution in [0.3, 0.4) is 0 Å². The highest BCUT2D eigenvalue weighted by atomic mass is 16.5. The van der Waals surface area contributed by atoms with E-state index >= 15 is 0 Å². The molecule has 0 aliphatic rings. The molecule has 0 saturated carbocycles. The van der Waals surface area contributed by atoms with Crippen LogP contribution in [0.25, 0.3) is 0 Å². The molecule has 0 fully saturated rings. The maximum atomic E-state index is 12.2. The predicted octanol–water partition coefficient (Wildman–Crippen LogP) is 1.02. The van der Waals surface area contributed by atoms with Crippen molar-refractivity contribution in [2.45, 2.75) is 27.7 Å². The van der Waals surface area contributed by atoms with Crippen LogP contribution in [0, 0.1) is 11.8 Å². The number of nitrogens with zero attached hydrogens (tertiary/aromatic N) is 2. The Morgan fingerprint density at radius 3 is 1.96 bits per heavy atom. The monoisotopic (exact) mass is 326 g/mol. The van der Waals surface area contributed by atoms with Gasteiger partial charge in [0.25, 0.3) is 0 Å². The van der Waals surface area contributed by atoms with E-state index in [2.05, 4.69) is 5.10 Å². The number of carbonyl (C=O) groups is 3. The molecule has 1 amide bonds. The van der Waals surface area contributed by atoms with Crippen LogP contribution in [0.1, 0.15) is 48.5 Å². The van der Waals surface area contributed by atoms with Crippen LogP contribution in [-0.2, 0) is 9.47 Å². The van der Waals surface area contributed by atoms with Gasteiger partial charge in [0.2, 0.25) is 0 Å². The second-order valence-electron chi connectivity index (χ2n) is 5.84. The summed E-state index contributed by atoms with van der Waals surface area (Å²) in [6, 6.07) is -1.02. The minimum absolute atomic E-state index is 0.0858. The third-order valence-electron chi connectivity index (χ3n) is 2.62.